The van der Waals surface area contributed by atoms with E-state index in [4.69, 9.17) is 4.74 Å². The van der Waals surface area contributed by atoms with Gasteiger partial charge in [0, 0.05) is 18.2 Å². The summed E-state index contributed by atoms with van der Waals surface area (Å²) in [5, 5.41) is 0. The number of halogens is 1. The lowest BCUT2D eigenvalue weighted by Gasteiger charge is -2.14. The minimum absolute atomic E-state index is 0.00370. The van der Waals surface area contributed by atoms with Crippen LogP contribution in [-0.4, -0.2) is 23.3 Å². The van der Waals surface area contributed by atoms with Crippen LogP contribution in [0.4, 0.5) is 4.39 Å². The van der Waals surface area contributed by atoms with E-state index in [9.17, 15) is 9.18 Å². The van der Waals surface area contributed by atoms with Crippen molar-refractivity contribution in [3.8, 4) is 0 Å². The Kier molecular flexibility index (Phi) is 5.76. The van der Waals surface area contributed by atoms with Crippen LogP contribution in [0.1, 0.15) is 55.0 Å². The summed E-state index contributed by atoms with van der Waals surface area (Å²) in [6.45, 7) is 4.62. The molecule has 0 aliphatic carbocycles. The van der Waals surface area contributed by atoms with E-state index in [2.05, 4.69) is 16.9 Å². The Morgan fingerprint density at radius 2 is 2.04 bits per heavy atom. The van der Waals surface area contributed by atoms with E-state index in [0.29, 0.717) is 30.1 Å². The van der Waals surface area contributed by atoms with Crippen molar-refractivity contribution in [3.63, 3.8) is 0 Å². The molecule has 2 aromatic rings. The van der Waals surface area contributed by atoms with Gasteiger partial charge in [-0.25, -0.2) is 9.38 Å². The molecule has 1 aliphatic heterocycles. The van der Waals surface area contributed by atoms with Crippen molar-refractivity contribution in [1.82, 2.24) is 4.98 Å². The highest BCUT2D eigenvalue weighted by Gasteiger charge is 2.25. The number of hydrogen-bond donors (Lipinski definition) is 0. The second-order valence-corrected chi connectivity index (χ2v) is 6.40. The first-order valence-corrected chi connectivity index (χ1v) is 9.04. The number of pyridine rings is 1. The van der Waals surface area contributed by atoms with Crippen molar-refractivity contribution in [2.45, 2.75) is 45.6 Å². The lowest BCUT2D eigenvalue weighted by molar-refractivity contribution is -0.118. The maximum absolute atomic E-state index is 14.7. The summed E-state index contributed by atoms with van der Waals surface area (Å²) < 4.78 is 20.1. The maximum Gasteiger partial charge on any atom is 0.218 e. The van der Waals surface area contributed by atoms with Gasteiger partial charge in [-0.15, -0.1) is 0 Å². The maximum atomic E-state index is 14.7. The summed E-state index contributed by atoms with van der Waals surface area (Å²) in [6.07, 6.45) is 2.82. The van der Waals surface area contributed by atoms with E-state index in [1.165, 1.54) is 0 Å². The van der Waals surface area contributed by atoms with Crippen molar-refractivity contribution in [2.24, 2.45) is 4.99 Å². The molecule has 2 heterocycles. The normalized spacial score (nSPS) is 13.9. The van der Waals surface area contributed by atoms with Gasteiger partial charge in [0.25, 0.3) is 0 Å². The van der Waals surface area contributed by atoms with Crippen LogP contribution in [0.5, 0.6) is 0 Å². The van der Waals surface area contributed by atoms with Gasteiger partial charge in [0.2, 0.25) is 5.90 Å². The first-order chi connectivity index (χ1) is 12.6. The van der Waals surface area contributed by atoms with Crippen LogP contribution in [0.3, 0.4) is 0 Å². The van der Waals surface area contributed by atoms with Gasteiger partial charge in [0.15, 0.2) is 5.82 Å². The molecule has 4 nitrogen and oxygen atoms in total. The van der Waals surface area contributed by atoms with Crippen LogP contribution in [0.25, 0.3) is 0 Å². The average Bonchev–Trinajstić information content (AvgIpc) is 3.07. The van der Waals surface area contributed by atoms with Gasteiger partial charge in [-0.3, -0.25) is 9.78 Å². The monoisotopic (exact) mass is 354 g/mol. The van der Waals surface area contributed by atoms with Crippen LogP contribution in [0, 0.1) is 5.82 Å². The smallest absolute Gasteiger partial charge is 0.218 e. The molecule has 3 rings (SSSR count). The van der Waals surface area contributed by atoms with Crippen LogP contribution in [-0.2, 0) is 22.5 Å². The van der Waals surface area contributed by atoms with Gasteiger partial charge in [-0.1, -0.05) is 37.3 Å². The summed E-state index contributed by atoms with van der Waals surface area (Å²) in [4.78, 5) is 20.9. The Balaban J connectivity index is 1.71. The summed E-state index contributed by atoms with van der Waals surface area (Å²) in [5.74, 6) is 0.147. The molecule has 1 aliphatic rings. The molecule has 1 aromatic heterocycles. The molecule has 0 amide bonds. The minimum atomic E-state index is -0.429. The third kappa shape index (κ3) is 3.82. The topological polar surface area (TPSA) is 51.6 Å². The zero-order valence-corrected chi connectivity index (χ0v) is 15.2. The molecule has 5 heteroatoms. The summed E-state index contributed by atoms with van der Waals surface area (Å²) in [7, 11) is 0. The van der Waals surface area contributed by atoms with Gasteiger partial charge in [0.05, 0.1) is 30.8 Å². The van der Waals surface area contributed by atoms with Gasteiger partial charge in [-0.05, 0) is 24.8 Å². The fourth-order valence-electron chi connectivity index (χ4n) is 3.28. The first-order valence-electron chi connectivity index (χ1n) is 9.04. The number of carbonyl (C=O) groups is 1. The van der Waals surface area contributed by atoms with Crippen LogP contribution < -0.4 is 0 Å². The fraction of sp³-hybridized carbons (Fsp3) is 0.381. The molecule has 0 N–H and O–H groups in total. The summed E-state index contributed by atoms with van der Waals surface area (Å²) in [6, 6.07) is 9.96. The largest absolute Gasteiger partial charge is 0.478 e. The number of rotatable bonds is 7. The highest BCUT2D eigenvalue weighted by molar-refractivity contribution is 5.97. The Morgan fingerprint density at radius 3 is 2.73 bits per heavy atom. The summed E-state index contributed by atoms with van der Waals surface area (Å²) >= 11 is 0. The zero-order chi connectivity index (χ0) is 18.5. The first kappa shape index (κ1) is 18.2. The quantitative estimate of drug-likeness (QED) is 0.748. The molecule has 0 unspecified atom stereocenters. The number of carbonyl (C=O) groups excluding carboxylic acids is 1. The van der Waals surface area contributed by atoms with Crippen molar-refractivity contribution in [1.29, 1.82) is 0 Å². The third-order valence-corrected chi connectivity index (χ3v) is 4.69. The Labute approximate surface area is 153 Å². The predicted molar refractivity (Wildman–Crippen MR) is 98.9 cm³/mol. The van der Waals surface area contributed by atoms with E-state index in [1.807, 2.05) is 37.3 Å². The van der Waals surface area contributed by atoms with E-state index in [-0.39, 0.29) is 30.4 Å². The standard InChI is InChI=1S/C21H23FN2O2/c1-3-14(15-8-6-5-7-9-15)10-16(25)11-19-20(22)17-12-24-21(26-4-2)18(17)13-23-19/h5-9,13-14H,3-4,10-12H2,1-2H3/t14-/m0/s1. The number of aliphatic imine (C=N–C) groups is 1. The number of Topliss-reactive ketones (excluding diaryl/α,β-unsaturated/α-hetero) is 1. The fourth-order valence-corrected chi connectivity index (χ4v) is 3.28. The molecule has 0 spiro atoms. The molecule has 1 atom stereocenters. The Bertz CT molecular complexity index is 818. The van der Waals surface area contributed by atoms with Crippen LogP contribution >= 0.6 is 0 Å². The lowest BCUT2D eigenvalue weighted by Crippen LogP contribution is -2.13. The molecule has 0 saturated carbocycles. The molecular weight excluding hydrogens is 331 g/mol. The van der Waals surface area contributed by atoms with E-state index in [1.54, 1.807) is 6.20 Å². The van der Waals surface area contributed by atoms with Crippen molar-refractivity contribution in [3.05, 3.63) is 64.7 Å². The summed E-state index contributed by atoms with van der Waals surface area (Å²) in [5.41, 5.74) is 2.41. The van der Waals surface area contributed by atoms with Gasteiger partial charge >= 0.3 is 0 Å². The Hall–Kier alpha value is -2.56. The molecule has 0 radical (unpaired) electrons. The number of ketones is 1. The van der Waals surface area contributed by atoms with Gasteiger partial charge in [-0.2, -0.15) is 0 Å². The average molecular weight is 354 g/mol. The molecule has 26 heavy (non-hydrogen) atoms. The van der Waals surface area contributed by atoms with Gasteiger partial charge < -0.3 is 4.74 Å². The molecular formula is C21H23FN2O2. The Morgan fingerprint density at radius 1 is 1.27 bits per heavy atom. The number of fused-ring (bicyclic) bond motifs is 1. The zero-order valence-electron chi connectivity index (χ0n) is 15.2. The van der Waals surface area contributed by atoms with E-state index in [0.717, 1.165) is 12.0 Å². The van der Waals surface area contributed by atoms with E-state index < -0.39 is 5.82 Å². The second-order valence-electron chi connectivity index (χ2n) is 6.40. The van der Waals surface area contributed by atoms with Crippen molar-refractivity contribution < 1.29 is 13.9 Å². The molecule has 136 valence electrons. The number of nitrogens with zero attached hydrogens (tertiary/aromatic N) is 2. The second kappa shape index (κ2) is 8.21. The number of benzene rings is 1. The van der Waals surface area contributed by atoms with Crippen LogP contribution in [0.15, 0.2) is 41.5 Å². The lowest BCUT2D eigenvalue weighted by atomic mass is 9.90. The van der Waals surface area contributed by atoms with Crippen molar-refractivity contribution >= 4 is 11.7 Å². The number of hydrogen-bond acceptors (Lipinski definition) is 4. The minimum Gasteiger partial charge on any atom is -0.478 e. The number of aromatic nitrogens is 1. The molecule has 1 aromatic carbocycles. The molecule has 0 bridgehead atoms. The molecule has 0 saturated heterocycles. The predicted octanol–water partition coefficient (Wildman–Crippen LogP) is 4.21. The van der Waals surface area contributed by atoms with Crippen LogP contribution in [0.2, 0.25) is 0 Å². The molecule has 0 fully saturated rings. The van der Waals surface area contributed by atoms with Crippen molar-refractivity contribution in [2.75, 3.05) is 6.61 Å². The highest BCUT2D eigenvalue weighted by Crippen LogP contribution is 2.26. The van der Waals surface area contributed by atoms with Gasteiger partial charge in [0.1, 0.15) is 5.78 Å². The third-order valence-electron chi connectivity index (χ3n) is 4.69. The highest BCUT2D eigenvalue weighted by atomic mass is 19.1. The SMILES string of the molecule is CCOC1=NCc2c1cnc(CC(=O)C[C@H](CC)c1ccccc1)c2F. The van der Waals surface area contributed by atoms with E-state index >= 15 is 0 Å². The number of ether oxygens (including phenoxy) is 1.